The maximum atomic E-state index is 11.2. The van der Waals surface area contributed by atoms with Gasteiger partial charge in [-0.05, 0) is 25.7 Å². The predicted octanol–water partition coefficient (Wildman–Crippen LogP) is 0.0193. The first-order chi connectivity index (χ1) is 8.63. The summed E-state index contributed by atoms with van der Waals surface area (Å²) in [6, 6.07) is 5.60. The molecule has 0 aromatic carbocycles. The molecule has 3 N–H and O–H groups in total. The average Bonchev–Trinajstić information content (AvgIpc) is 2.37. The number of hydrogen-bond acceptors (Lipinski definition) is 4. The number of primary amides is 1. The molecule has 0 aliphatic rings. The van der Waals surface area contributed by atoms with E-state index in [1.807, 2.05) is 32.2 Å². The van der Waals surface area contributed by atoms with Crippen molar-refractivity contribution in [2.75, 3.05) is 26.7 Å². The number of nitrogens with two attached hydrogens (primary N) is 1. The number of nitrogens with zero attached hydrogens (tertiary/aromatic N) is 2. The van der Waals surface area contributed by atoms with Gasteiger partial charge in [-0.25, -0.2) is 0 Å². The quantitative estimate of drug-likeness (QED) is 0.682. The minimum absolute atomic E-state index is 0.288. The lowest BCUT2D eigenvalue weighted by molar-refractivity contribution is -0.120. The molecular weight excluding hydrogens is 228 g/mol. The molecule has 0 fully saturated rings. The number of nitrogens with one attached hydrogen (secondary N) is 1. The molecule has 1 atom stereocenters. The van der Waals surface area contributed by atoms with Crippen molar-refractivity contribution < 1.29 is 4.79 Å². The smallest absolute Gasteiger partial charge is 0.235 e. The minimum atomic E-state index is -0.304. The molecule has 0 saturated heterocycles. The normalized spacial score (nSPS) is 12.6. The van der Waals surface area contributed by atoms with Crippen LogP contribution in [0.5, 0.6) is 0 Å². The number of aromatic nitrogens is 1. The van der Waals surface area contributed by atoms with Crippen molar-refractivity contribution >= 4 is 5.91 Å². The number of hydrogen-bond donors (Lipinski definition) is 2. The first kappa shape index (κ1) is 14.6. The summed E-state index contributed by atoms with van der Waals surface area (Å²) in [6.07, 6.45) is 2.66. The van der Waals surface area contributed by atoms with Crippen molar-refractivity contribution in [1.29, 1.82) is 0 Å². The highest BCUT2D eigenvalue weighted by Crippen LogP contribution is 1.97. The molecule has 1 aromatic rings. The lowest BCUT2D eigenvalue weighted by atomic mass is 10.2. The maximum absolute atomic E-state index is 11.2. The Labute approximate surface area is 108 Å². The first-order valence-corrected chi connectivity index (χ1v) is 6.24. The summed E-state index contributed by atoms with van der Waals surface area (Å²) in [5.41, 5.74) is 6.40. The molecule has 0 bridgehead atoms. The fraction of sp³-hybridized carbons (Fsp3) is 0.538. The molecule has 1 aromatic heterocycles. The van der Waals surface area contributed by atoms with E-state index in [0.717, 1.165) is 25.2 Å². The van der Waals surface area contributed by atoms with E-state index in [1.165, 1.54) is 0 Å². The number of carbonyl (C=O) groups is 1. The molecular formula is C13H22N4O. The summed E-state index contributed by atoms with van der Waals surface area (Å²) in [4.78, 5) is 17.6. The molecule has 18 heavy (non-hydrogen) atoms. The molecule has 0 aliphatic heterocycles. The molecule has 5 heteroatoms. The van der Waals surface area contributed by atoms with Gasteiger partial charge >= 0.3 is 0 Å². The second-order valence-corrected chi connectivity index (χ2v) is 4.35. The largest absolute Gasteiger partial charge is 0.368 e. The zero-order valence-corrected chi connectivity index (χ0v) is 11.1. The van der Waals surface area contributed by atoms with Gasteiger partial charge in [0, 0.05) is 31.4 Å². The third-order valence-electron chi connectivity index (χ3n) is 2.76. The highest BCUT2D eigenvalue weighted by molar-refractivity contribution is 5.80. The Kier molecular flexibility index (Phi) is 6.32. The van der Waals surface area contributed by atoms with Crippen molar-refractivity contribution in [3.63, 3.8) is 0 Å². The number of amides is 1. The van der Waals surface area contributed by atoms with Crippen molar-refractivity contribution in [3.8, 4) is 0 Å². The maximum Gasteiger partial charge on any atom is 0.235 e. The van der Waals surface area contributed by atoms with E-state index in [0.29, 0.717) is 6.54 Å². The van der Waals surface area contributed by atoms with Crippen LogP contribution >= 0.6 is 0 Å². The molecule has 100 valence electrons. The van der Waals surface area contributed by atoms with E-state index < -0.39 is 0 Å². The van der Waals surface area contributed by atoms with Gasteiger partial charge in [0.25, 0.3) is 0 Å². The van der Waals surface area contributed by atoms with E-state index in [2.05, 4.69) is 15.2 Å². The lowest BCUT2D eigenvalue weighted by Crippen LogP contribution is -2.48. The fourth-order valence-electron chi connectivity index (χ4n) is 1.76. The summed E-state index contributed by atoms with van der Waals surface area (Å²) < 4.78 is 0. The van der Waals surface area contributed by atoms with Crippen LogP contribution < -0.4 is 11.1 Å². The minimum Gasteiger partial charge on any atom is -0.368 e. The summed E-state index contributed by atoms with van der Waals surface area (Å²) in [7, 11) is 1.98. The van der Waals surface area contributed by atoms with E-state index in [4.69, 9.17) is 5.73 Å². The molecule has 0 aliphatic carbocycles. The highest BCUT2D eigenvalue weighted by Gasteiger charge is 2.15. The van der Waals surface area contributed by atoms with E-state index in [1.54, 1.807) is 6.20 Å². The first-order valence-electron chi connectivity index (χ1n) is 6.24. The highest BCUT2D eigenvalue weighted by atomic mass is 16.1. The second-order valence-electron chi connectivity index (χ2n) is 4.35. The predicted molar refractivity (Wildman–Crippen MR) is 72.1 cm³/mol. The molecule has 1 unspecified atom stereocenters. The van der Waals surface area contributed by atoms with Crippen LogP contribution in [-0.2, 0) is 11.2 Å². The van der Waals surface area contributed by atoms with Gasteiger partial charge in [-0.15, -0.1) is 0 Å². The SMILES string of the molecule is CCNC(CN(C)CCc1ccccn1)C(N)=O. The summed E-state index contributed by atoms with van der Waals surface area (Å²) in [5, 5.41) is 3.08. The van der Waals surface area contributed by atoms with Gasteiger partial charge in [0.05, 0.1) is 6.04 Å². The van der Waals surface area contributed by atoms with Gasteiger partial charge in [0.2, 0.25) is 5.91 Å². The Morgan fingerprint density at radius 3 is 2.89 bits per heavy atom. The van der Waals surface area contributed by atoms with Crippen LogP contribution in [0.1, 0.15) is 12.6 Å². The second kappa shape index (κ2) is 7.79. The van der Waals surface area contributed by atoms with Gasteiger partial charge in [0.1, 0.15) is 0 Å². The van der Waals surface area contributed by atoms with Gasteiger partial charge in [-0.1, -0.05) is 13.0 Å². The standard InChI is InChI=1S/C13H22N4O/c1-3-15-12(13(14)18)10-17(2)9-7-11-6-4-5-8-16-11/h4-6,8,12,15H,3,7,9-10H2,1-2H3,(H2,14,18). The molecule has 0 saturated carbocycles. The molecule has 0 spiro atoms. The van der Waals surface area contributed by atoms with Gasteiger partial charge in [-0.2, -0.15) is 0 Å². The van der Waals surface area contributed by atoms with Crippen LogP contribution in [0.4, 0.5) is 0 Å². The molecule has 0 radical (unpaired) electrons. The lowest BCUT2D eigenvalue weighted by Gasteiger charge is -2.22. The summed E-state index contributed by atoms with van der Waals surface area (Å²) in [6.45, 7) is 4.17. The van der Waals surface area contributed by atoms with E-state index in [-0.39, 0.29) is 11.9 Å². The summed E-state index contributed by atoms with van der Waals surface area (Å²) >= 11 is 0. The van der Waals surface area contributed by atoms with Crippen molar-refractivity contribution in [2.45, 2.75) is 19.4 Å². The van der Waals surface area contributed by atoms with Gasteiger partial charge < -0.3 is 16.0 Å². The Balaban J connectivity index is 2.36. The van der Waals surface area contributed by atoms with Crippen LogP contribution in [0.15, 0.2) is 24.4 Å². The molecule has 1 heterocycles. The van der Waals surface area contributed by atoms with Crippen LogP contribution in [0, 0.1) is 0 Å². The third kappa shape index (κ3) is 5.25. The Morgan fingerprint density at radius 2 is 2.33 bits per heavy atom. The zero-order valence-electron chi connectivity index (χ0n) is 11.1. The average molecular weight is 250 g/mol. The fourth-order valence-corrected chi connectivity index (χ4v) is 1.76. The summed E-state index contributed by atoms with van der Waals surface area (Å²) in [5.74, 6) is -0.304. The molecule has 1 amide bonds. The third-order valence-corrected chi connectivity index (χ3v) is 2.76. The van der Waals surface area contributed by atoms with E-state index >= 15 is 0 Å². The number of rotatable bonds is 8. The van der Waals surface area contributed by atoms with Crippen LogP contribution in [0.2, 0.25) is 0 Å². The van der Waals surface area contributed by atoms with Crippen LogP contribution in [0.25, 0.3) is 0 Å². The molecule has 1 rings (SSSR count). The van der Waals surface area contributed by atoms with E-state index in [9.17, 15) is 4.79 Å². The Hall–Kier alpha value is -1.46. The van der Waals surface area contributed by atoms with Crippen LogP contribution in [0.3, 0.4) is 0 Å². The number of pyridine rings is 1. The molecule has 5 nitrogen and oxygen atoms in total. The van der Waals surface area contributed by atoms with Crippen molar-refractivity contribution in [3.05, 3.63) is 30.1 Å². The van der Waals surface area contributed by atoms with Gasteiger partial charge in [0.15, 0.2) is 0 Å². The Morgan fingerprint density at radius 1 is 1.56 bits per heavy atom. The number of likely N-dealkylation sites (N-methyl/N-ethyl adjacent to an activating group) is 2. The number of carbonyl (C=O) groups excluding carboxylic acids is 1. The monoisotopic (exact) mass is 250 g/mol. The van der Waals surface area contributed by atoms with Gasteiger partial charge in [-0.3, -0.25) is 9.78 Å². The topological polar surface area (TPSA) is 71.2 Å². The van der Waals surface area contributed by atoms with Crippen molar-refractivity contribution in [1.82, 2.24) is 15.2 Å². The Bertz CT molecular complexity index is 355. The zero-order chi connectivity index (χ0) is 13.4. The van der Waals surface area contributed by atoms with Crippen molar-refractivity contribution in [2.24, 2.45) is 5.73 Å². The van der Waals surface area contributed by atoms with Crippen LogP contribution in [-0.4, -0.2) is 48.5 Å².